The van der Waals surface area contributed by atoms with E-state index < -0.39 is 0 Å². The van der Waals surface area contributed by atoms with Crippen molar-refractivity contribution >= 4 is 34.1 Å². The van der Waals surface area contributed by atoms with E-state index in [1.165, 1.54) is 0 Å². The molecule has 0 spiro atoms. The van der Waals surface area contributed by atoms with Gasteiger partial charge in [-0.2, -0.15) is 0 Å². The molecule has 0 aliphatic heterocycles. The normalized spacial score (nSPS) is 11.3. The first-order valence-corrected chi connectivity index (χ1v) is 7.50. The highest BCUT2D eigenvalue weighted by Crippen LogP contribution is 2.17. The van der Waals surface area contributed by atoms with Gasteiger partial charge in [-0.1, -0.05) is 0 Å². The van der Waals surface area contributed by atoms with Gasteiger partial charge in [0, 0.05) is 24.5 Å². The van der Waals surface area contributed by atoms with E-state index in [4.69, 9.17) is 11.6 Å². The molecule has 0 fully saturated rings. The highest BCUT2D eigenvalue weighted by atomic mass is 35.5. The Hall–Kier alpha value is -1.46. The first-order chi connectivity index (χ1) is 9.28. The van der Waals surface area contributed by atoms with Gasteiger partial charge in [0.1, 0.15) is 11.3 Å². The van der Waals surface area contributed by atoms with Gasteiger partial charge in [0.2, 0.25) is 0 Å². The molecule has 0 unspecified atom stereocenters. The van der Waals surface area contributed by atoms with E-state index in [-0.39, 0.29) is 0 Å². The Balaban J connectivity index is 1.96. The topological polar surface area (TPSA) is 43.6 Å². The molecule has 0 amide bonds. The maximum Gasteiger partial charge on any atom is 0.160 e. The first-order valence-electron chi connectivity index (χ1n) is 6.02. The second kappa shape index (κ2) is 5.27. The highest BCUT2D eigenvalue weighted by Gasteiger charge is 2.11. The molecule has 0 aromatic carbocycles. The van der Waals surface area contributed by atoms with E-state index in [0.717, 1.165) is 41.2 Å². The lowest BCUT2D eigenvalue weighted by molar-refractivity contribution is 0.675. The Morgan fingerprint density at radius 3 is 3.00 bits per heavy atom. The minimum atomic E-state index is 0.395. The van der Waals surface area contributed by atoms with Crippen LogP contribution in [0.4, 0.5) is 0 Å². The number of aromatic nitrogens is 4. The molecule has 19 heavy (non-hydrogen) atoms. The van der Waals surface area contributed by atoms with Crippen LogP contribution in [0.3, 0.4) is 0 Å². The average molecular weight is 293 g/mol. The van der Waals surface area contributed by atoms with E-state index in [1.807, 2.05) is 24.7 Å². The number of hydrogen-bond acceptors (Lipinski definition) is 4. The third-order valence-electron chi connectivity index (χ3n) is 3.00. The third-order valence-corrected chi connectivity index (χ3v) is 3.87. The lowest BCUT2D eigenvalue weighted by Crippen LogP contribution is -2.06. The van der Waals surface area contributed by atoms with Crippen LogP contribution >= 0.6 is 22.9 Å². The molecule has 0 aliphatic carbocycles. The second-order valence-electron chi connectivity index (χ2n) is 4.40. The van der Waals surface area contributed by atoms with Gasteiger partial charge in [-0.15, -0.1) is 22.9 Å². The van der Waals surface area contributed by atoms with Crippen LogP contribution in [0.1, 0.15) is 17.1 Å². The predicted molar refractivity (Wildman–Crippen MR) is 77.6 cm³/mol. The zero-order chi connectivity index (χ0) is 13.2. The molecule has 0 saturated carbocycles. The van der Waals surface area contributed by atoms with E-state index in [1.54, 1.807) is 11.3 Å². The summed E-state index contributed by atoms with van der Waals surface area (Å²) in [6, 6.07) is 2.04. The summed E-state index contributed by atoms with van der Waals surface area (Å²) in [5, 5.41) is 2.07. The van der Waals surface area contributed by atoms with Crippen molar-refractivity contribution in [1.29, 1.82) is 0 Å². The molecular weight excluding hydrogens is 280 g/mol. The molecule has 0 atom stereocenters. The summed E-state index contributed by atoms with van der Waals surface area (Å²) in [7, 11) is 0. The molecule has 3 rings (SSSR count). The van der Waals surface area contributed by atoms with Crippen molar-refractivity contribution in [2.45, 2.75) is 25.8 Å². The number of pyridine rings is 1. The number of alkyl halides is 1. The maximum absolute atomic E-state index is 5.98. The molecule has 3 heterocycles. The first kappa shape index (κ1) is 12.6. The Kier molecular flexibility index (Phi) is 3.48. The van der Waals surface area contributed by atoms with Gasteiger partial charge in [-0.3, -0.25) is 0 Å². The Labute approximate surface area is 120 Å². The van der Waals surface area contributed by atoms with Gasteiger partial charge in [0.15, 0.2) is 5.65 Å². The summed E-state index contributed by atoms with van der Waals surface area (Å²) >= 11 is 7.59. The average Bonchev–Trinajstić information content (AvgIpc) is 3.02. The van der Waals surface area contributed by atoms with Gasteiger partial charge >= 0.3 is 0 Å². The van der Waals surface area contributed by atoms with Crippen molar-refractivity contribution < 1.29 is 0 Å². The van der Waals surface area contributed by atoms with Crippen LogP contribution in [0.2, 0.25) is 0 Å². The standard InChI is InChI=1S/C13H13ClN4S/c1-9-4-11-13(15-6-9)18(12(5-14)17-11)3-2-10-7-19-8-16-10/h4,6-8H,2-3,5H2,1H3. The minimum absolute atomic E-state index is 0.395. The lowest BCUT2D eigenvalue weighted by Gasteiger charge is -2.05. The molecule has 0 aliphatic rings. The third kappa shape index (κ3) is 2.48. The molecule has 0 saturated heterocycles. The van der Waals surface area contributed by atoms with Gasteiger partial charge in [-0.05, 0) is 18.6 Å². The number of fused-ring (bicyclic) bond motifs is 1. The lowest BCUT2D eigenvalue weighted by atomic mass is 10.3. The number of rotatable bonds is 4. The quantitative estimate of drug-likeness (QED) is 0.694. The fraction of sp³-hybridized carbons (Fsp3) is 0.308. The summed E-state index contributed by atoms with van der Waals surface area (Å²) in [6.07, 6.45) is 2.73. The summed E-state index contributed by atoms with van der Waals surface area (Å²) in [6.45, 7) is 2.82. The summed E-state index contributed by atoms with van der Waals surface area (Å²) in [5.41, 5.74) is 5.87. The van der Waals surface area contributed by atoms with Gasteiger partial charge in [0.25, 0.3) is 0 Å². The van der Waals surface area contributed by atoms with Crippen molar-refractivity contribution in [3.8, 4) is 0 Å². The molecule has 98 valence electrons. The van der Waals surface area contributed by atoms with Gasteiger partial charge in [-0.25, -0.2) is 15.0 Å². The Morgan fingerprint density at radius 2 is 2.26 bits per heavy atom. The largest absolute Gasteiger partial charge is 0.311 e. The van der Waals surface area contributed by atoms with E-state index in [9.17, 15) is 0 Å². The molecular formula is C13H13ClN4S. The molecule has 3 aromatic heterocycles. The zero-order valence-corrected chi connectivity index (χ0v) is 12.1. The van der Waals surface area contributed by atoms with Crippen LogP contribution < -0.4 is 0 Å². The van der Waals surface area contributed by atoms with Gasteiger partial charge < -0.3 is 4.57 Å². The van der Waals surface area contributed by atoms with Crippen LogP contribution in [0, 0.1) is 6.92 Å². The number of imidazole rings is 1. The van der Waals surface area contributed by atoms with Gasteiger partial charge in [0.05, 0.1) is 17.1 Å². The molecule has 0 bridgehead atoms. The van der Waals surface area contributed by atoms with E-state index in [0.29, 0.717) is 5.88 Å². The molecule has 4 nitrogen and oxygen atoms in total. The SMILES string of the molecule is Cc1cnc2c(c1)nc(CCl)n2CCc1cscn1. The predicted octanol–water partition coefficient (Wildman–Crippen LogP) is 3.18. The van der Waals surface area contributed by atoms with Crippen LogP contribution in [-0.4, -0.2) is 19.5 Å². The molecule has 6 heteroatoms. The molecule has 3 aromatic rings. The summed E-state index contributed by atoms with van der Waals surface area (Å²) in [4.78, 5) is 13.3. The Morgan fingerprint density at radius 1 is 1.37 bits per heavy atom. The van der Waals surface area contributed by atoms with Crippen LogP contribution in [0.15, 0.2) is 23.2 Å². The van der Waals surface area contributed by atoms with Crippen molar-refractivity contribution in [2.24, 2.45) is 0 Å². The van der Waals surface area contributed by atoms with Crippen molar-refractivity contribution in [3.05, 3.63) is 40.2 Å². The fourth-order valence-corrected chi connectivity index (χ4v) is 2.88. The number of thiazole rings is 1. The zero-order valence-electron chi connectivity index (χ0n) is 10.5. The van der Waals surface area contributed by atoms with Crippen LogP contribution in [0.25, 0.3) is 11.2 Å². The summed E-state index contributed by atoms with van der Waals surface area (Å²) in [5.74, 6) is 1.26. The Bertz CT molecular complexity index is 690. The number of hydrogen-bond donors (Lipinski definition) is 0. The highest BCUT2D eigenvalue weighted by molar-refractivity contribution is 7.07. The fourth-order valence-electron chi connectivity index (χ4n) is 2.08. The number of halogens is 1. The molecule has 0 radical (unpaired) electrons. The van der Waals surface area contributed by atoms with Crippen LogP contribution in [-0.2, 0) is 18.8 Å². The van der Waals surface area contributed by atoms with Crippen molar-refractivity contribution in [3.63, 3.8) is 0 Å². The number of aryl methyl sites for hydroxylation is 3. The second-order valence-corrected chi connectivity index (χ2v) is 5.38. The van der Waals surface area contributed by atoms with Crippen molar-refractivity contribution in [1.82, 2.24) is 19.5 Å². The molecule has 0 N–H and O–H groups in total. The van der Waals surface area contributed by atoms with Crippen molar-refractivity contribution in [2.75, 3.05) is 0 Å². The summed E-state index contributed by atoms with van der Waals surface area (Å²) < 4.78 is 2.08. The number of nitrogens with zero attached hydrogens (tertiary/aromatic N) is 4. The maximum atomic E-state index is 5.98. The minimum Gasteiger partial charge on any atom is -0.311 e. The van der Waals surface area contributed by atoms with E-state index >= 15 is 0 Å². The monoisotopic (exact) mass is 292 g/mol. The van der Waals surface area contributed by atoms with E-state index in [2.05, 4.69) is 24.9 Å². The van der Waals surface area contributed by atoms with Crippen LogP contribution in [0.5, 0.6) is 0 Å². The smallest absolute Gasteiger partial charge is 0.160 e.